The highest BCUT2D eigenvalue weighted by Crippen LogP contribution is 2.26. The van der Waals surface area contributed by atoms with Gasteiger partial charge in [0.05, 0.1) is 10.7 Å². The summed E-state index contributed by atoms with van der Waals surface area (Å²) in [6.07, 6.45) is 1.55. The van der Waals surface area contributed by atoms with E-state index < -0.39 is 5.91 Å². The average Bonchev–Trinajstić information content (AvgIpc) is 2.85. The number of nitriles is 1. The van der Waals surface area contributed by atoms with Crippen LogP contribution in [0.1, 0.15) is 9.75 Å². The van der Waals surface area contributed by atoms with Crippen molar-refractivity contribution < 1.29 is 4.79 Å². The number of aryl methyl sites for hydroxylation is 1. The maximum atomic E-state index is 12.1. The quantitative estimate of drug-likeness (QED) is 0.639. The highest BCUT2D eigenvalue weighted by Gasteiger charge is 2.12. The Morgan fingerprint density at radius 3 is 2.71 bits per heavy atom. The zero-order valence-electron chi connectivity index (χ0n) is 11.0. The molecule has 0 radical (unpaired) electrons. The van der Waals surface area contributed by atoms with Crippen LogP contribution in [-0.4, -0.2) is 5.91 Å². The number of nitrogens with zero attached hydrogens (tertiary/aromatic N) is 1. The third-order valence-corrected chi connectivity index (χ3v) is 4.10. The van der Waals surface area contributed by atoms with Crippen molar-refractivity contribution in [2.24, 2.45) is 0 Å². The first kappa shape index (κ1) is 15.6. The normalized spacial score (nSPS) is 11.0. The number of amides is 1. The number of hydrogen-bond donors (Lipinski definition) is 1. The molecule has 106 valence electrons. The Kier molecular flexibility index (Phi) is 5.03. The average molecular weight is 337 g/mol. The Bertz CT molecular complexity index is 759. The summed E-state index contributed by atoms with van der Waals surface area (Å²) in [6, 6.07) is 10.4. The van der Waals surface area contributed by atoms with E-state index in [2.05, 4.69) is 5.32 Å². The summed E-state index contributed by atoms with van der Waals surface area (Å²) in [5.41, 5.74) is 0.380. The summed E-state index contributed by atoms with van der Waals surface area (Å²) in [4.78, 5) is 14.1. The molecular formula is C15H10Cl2N2OS. The van der Waals surface area contributed by atoms with Gasteiger partial charge in [-0.05, 0) is 43.3 Å². The molecule has 1 amide bonds. The van der Waals surface area contributed by atoms with E-state index in [1.54, 1.807) is 18.2 Å². The summed E-state index contributed by atoms with van der Waals surface area (Å²) < 4.78 is 0. The molecule has 0 fully saturated rings. The van der Waals surface area contributed by atoms with Crippen molar-refractivity contribution in [3.8, 4) is 6.07 Å². The fourth-order valence-corrected chi connectivity index (χ4v) is 2.76. The summed E-state index contributed by atoms with van der Waals surface area (Å²) in [5, 5.41) is 12.5. The van der Waals surface area contributed by atoms with Crippen LogP contribution in [0.15, 0.2) is 35.9 Å². The first-order valence-corrected chi connectivity index (χ1v) is 7.51. The fourth-order valence-electron chi connectivity index (χ4n) is 1.60. The van der Waals surface area contributed by atoms with Crippen molar-refractivity contribution in [2.45, 2.75) is 6.92 Å². The first-order chi connectivity index (χ1) is 9.99. The molecule has 1 aromatic carbocycles. The second-order valence-corrected chi connectivity index (χ2v) is 6.36. The summed E-state index contributed by atoms with van der Waals surface area (Å²) >= 11 is 13.3. The van der Waals surface area contributed by atoms with Gasteiger partial charge in [-0.2, -0.15) is 5.26 Å². The molecule has 1 heterocycles. The lowest BCUT2D eigenvalue weighted by Crippen LogP contribution is -2.13. The predicted molar refractivity (Wildman–Crippen MR) is 87.7 cm³/mol. The van der Waals surface area contributed by atoms with Crippen molar-refractivity contribution in [1.29, 1.82) is 5.26 Å². The fraction of sp³-hybridized carbons (Fsp3) is 0.0667. The number of carbonyl (C=O) groups is 1. The maximum absolute atomic E-state index is 12.1. The van der Waals surface area contributed by atoms with E-state index in [0.29, 0.717) is 15.7 Å². The van der Waals surface area contributed by atoms with Crippen LogP contribution in [-0.2, 0) is 4.79 Å². The van der Waals surface area contributed by atoms with Crippen molar-refractivity contribution in [2.75, 3.05) is 5.32 Å². The molecule has 0 aliphatic rings. The molecule has 0 bridgehead atoms. The van der Waals surface area contributed by atoms with E-state index in [0.717, 1.165) is 9.75 Å². The molecule has 0 saturated heterocycles. The number of carbonyl (C=O) groups excluding carboxylic acids is 1. The standard InChI is InChI=1S/C15H10Cl2N2OS/c1-9-2-4-12(21-9)6-10(8-18)15(20)19-14-7-11(16)3-5-13(14)17/h2-7H,1H3,(H,19,20)/b10-6+. The number of thiophene rings is 1. The van der Waals surface area contributed by atoms with Gasteiger partial charge in [-0.15, -0.1) is 11.3 Å². The van der Waals surface area contributed by atoms with Crippen molar-refractivity contribution in [3.05, 3.63) is 55.7 Å². The zero-order valence-corrected chi connectivity index (χ0v) is 13.3. The molecule has 2 aromatic rings. The SMILES string of the molecule is Cc1ccc(/C=C(\C#N)C(=O)Nc2cc(Cl)ccc2Cl)s1. The highest BCUT2D eigenvalue weighted by molar-refractivity contribution is 7.12. The van der Waals surface area contributed by atoms with E-state index in [1.165, 1.54) is 17.4 Å². The van der Waals surface area contributed by atoms with Crippen LogP contribution in [0.25, 0.3) is 6.08 Å². The molecule has 0 spiro atoms. The Labute approximate surface area is 136 Å². The monoisotopic (exact) mass is 336 g/mol. The van der Waals surface area contributed by atoms with Gasteiger partial charge in [-0.25, -0.2) is 0 Å². The molecule has 3 nitrogen and oxygen atoms in total. The second kappa shape index (κ2) is 6.77. The minimum absolute atomic E-state index is 0.00731. The smallest absolute Gasteiger partial charge is 0.266 e. The van der Waals surface area contributed by atoms with Crippen molar-refractivity contribution in [3.63, 3.8) is 0 Å². The molecule has 21 heavy (non-hydrogen) atoms. The van der Waals surface area contributed by atoms with Gasteiger partial charge in [-0.3, -0.25) is 4.79 Å². The van der Waals surface area contributed by atoms with Gasteiger partial charge in [-0.1, -0.05) is 23.2 Å². The lowest BCUT2D eigenvalue weighted by molar-refractivity contribution is -0.112. The second-order valence-electron chi connectivity index (χ2n) is 4.20. The zero-order chi connectivity index (χ0) is 15.4. The third kappa shape index (κ3) is 4.08. The van der Waals surface area contributed by atoms with Gasteiger partial charge in [0.15, 0.2) is 0 Å². The van der Waals surface area contributed by atoms with Crippen LogP contribution < -0.4 is 5.32 Å². The minimum Gasteiger partial charge on any atom is -0.320 e. The highest BCUT2D eigenvalue weighted by atomic mass is 35.5. The minimum atomic E-state index is -0.521. The van der Waals surface area contributed by atoms with E-state index in [4.69, 9.17) is 28.5 Å². The summed E-state index contributed by atoms with van der Waals surface area (Å²) in [6.45, 7) is 1.96. The Morgan fingerprint density at radius 1 is 1.33 bits per heavy atom. The maximum Gasteiger partial charge on any atom is 0.266 e. The molecule has 0 aliphatic heterocycles. The lowest BCUT2D eigenvalue weighted by Gasteiger charge is -2.06. The van der Waals surface area contributed by atoms with Crippen LogP contribution in [0.5, 0.6) is 0 Å². The van der Waals surface area contributed by atoms with Gasteiger partial charge in [0, 0.05) is 14.8 Å². The molecule has 2 rings (SSSR count). The van der Waals surface area contributed by atoms with Crippen molar-refractivity contribution in [1.82, 2.24) is 0 Å². The lowest BCUT2D eigenvalue weighted by atomic mass is 10.2. The van der Waals surface area contributed by atoms with E-state index >= 15 is 0 Å². The predicted octanol–water partition coefficient (Wildman–Crippen LogP) is 4.91. The molecule has 1 N–H and O–H groups in total. The molecule has 6 heteroatoms. The van der Waals surface area contributed by atoms with E-state index in [-0.39, 0.29) is 5.57 Å². The van der Waals surface area contributed by atoms with Crippen LogP contribution >= 0.6 is 34.5 Å². The Balaban J connectivity index is 2.23. The van der Waals surface area contributed by atoms with Gasteiger partial charge in [0.25, 0.3) is 5.91 Å². The molecule has 0 unspecified atom stereocenters. The molecule has 0 saturated carbocycles. The van der Waals surface area contributed by atoms with E-state index in [1.807, 2.05) is 25.1 Å². The number of rotatable bonds is 3. The number of benzene rings is 1. The van der Waals surface area contributed by atoms with Crippen LogP contribution in [0.4, 0.5) is 5.69 Å². The number of halogens is 2. The molecular weight excluding hydrogens is 327 g/mol. The summed E-state index contributed by atoms with van der Waals surface area (Å²) in [7, 11) is 0. The number of anilines is 1. The van der Waals surface area contributed by atoms with Crippen LogP contribution in [0.2, 0.25) is 10.0 Å². The first-order valence-electron chi connectivity index (χ1n) is 5.94. The topological polar surface area (TPSA) is 52.9 Å². The third-order valence-electron chi connectivity index (χ3n) is 2.59. The van der Waals surface area contributed by atoms with Gasteiger partial charge in [0.2, 0.25) is 0 Å². The van der Waals surface area contributed by atoms with Crippen molar-refractivity contribution >= 4 is 52.2 Å². The molecule has 0 atom stereocenters. The molecule has 1 aromatic heterocycles. The summed E-state index contributed by atoms with van der Waals surface area (Å²) in [5.74, 6) is -0.521. The molecule has 0 aliphatic carbocycles. The number of nitrogens with one attached hydrogen (secondary N) is 1. The number of hydrogen-bond acceptors (Lipinski definition) is 3. The Morgan fingerprint density at radius 2 is 2.10 bits per heavy atom. The largest absolute Gasteiger partial charge is 0.320 e. The van der Waals surface area contributed by atoms with E-state index in [9.17, 15) is 4.79 Å². The Hall–Kier alpha value is -1.80. The van der Waals surface area contributed by atoms with Gasteiger partial charge >= 0.3 is 0 Å². The van der Waals surface area contributed by atoms with Crippen LogP contribution in [0, 0.1) is 18.3 Å². The van der Waals surface area contributed by atoms with Gasteiger partial charge in [0.1, 0.15) is 11.6 Å². The van der Waals surface area contributed by atoms with Crippen LogP contribution in [0.3, 0.4) is 0 Å². The van der Waals surface area contributed by atoms with Gasteiger partial charge < -0.3 is 5.32 Å².